The lowest BCUT2D eigenvalue weighted by Crippen LogP contribution is -2.14. The molecule has 0 aliphatic heterocycles. The largest absolute Gasteiger partial charge is 0.481 e. The van der Waals surface area contributed by atoms with Crippen LogP contribution >= 0.6 is 0 Å². The fraction of sp³-hybridized carbons (Fsp3) is 0.350. The standard InChI is InChI=1S/C13H12.C5H11NO2.C2H6/c1-11-7-9-13(10-8-11)12-5-3-2-4-6-12;1-4(2-3-6)5(7)8;1-2/h2-10H,1H3;4H,2-3,6H2,1H3,(H,7,8);1-2H3. The van der Waals surface area contributed by atoms with Crippen LogP contribution in [0.3, 0.4) is 0 Å². The number of hydrogen-bond acceptors (Lipinski definition) is 2. The maximum absolute atomic E-state index is 10.0. The summed E-state index contributed by atoms with van der Waals surface area (Å²) in [5.41, 5.74) is 8.97. The molecule has 2 rings (SSSR count). The number of aryl methyl sites for hydroxylation is 1. The SMILES string of the molecule is CC.CC(CCN)C(=O)O.Cc1ccc(-c2ccccc2)cc1. The van der Waals surface area contributed by atoms with E-state index in [4.69, 9.17) is 10.8 Å². The molecule has 1 unspecified atom stereocenters. The molecular weight excluding hydrogens is 286 g/mol. The summed E-state index contributed by atoms with van der Waals surface area (Å²) in [6.45, 7) is 8.21. The highest BCUT2D eigenvalue weighted by Crippen LogP contribution is 2.18. The van der Waals surface area contributed by atoms with Gasteiger partial charge in [-0.1, -0.05) is 80.9 Å². The van der Waals surface area contributed by atoms with Crippen molar-refractivity contribution in [3.05, 3.63) is 60.2 Å². The van der Waals surface area contributed by atoms with Gasteiger partial charge in [0.15, 0.2) is 0 Å². The minimum Gasteiger partial charge on any atom is -0.481 e. The molecule has 1 atom stereocenters. The number of carboxylic acid groups (broad SMARTS) is 1. The second-order valence-electron chi connectivity index (χ2n) is 5.05. The van der Waals surface area contributed by atoms with Crippen LogP contribution in [-0.2, 0) is 4.79 Å². The number of hydrogen-bond donors (Lipinski definition) is 2. The molecule has 0 heterocycles. The Morgan fingerprint density at radius 1 is 1.00 bits per heavy atom. The number of rotatable bonds is 4. The van der Waals surface area contributed by atoms with E-state index in [-0.39, 0.29) is 5.92 Å². The van der Waals surface area contributed by atoms with E-state index in [1.807, 2.05) is 19.9 Å². The van der Waals surface area contributed by atoms with E-state index in [0.717, 1.165) is 0 Å². The smallest absolute Gasteiger partial charge is 0.306 e. The molecule has 0 bridgehead atoms. The zero-order valence-corrected chi connectivity index (χ0v) is 14.6. The highest BCUT2D eigenvalue weighted by molar-refractivity contribution is 5.69. The van der Waals surface area contributed by atoms with Crippen LogP contribution < -0.4 is 5.73 Å². The first kappa shape index (κ1) is 20.9. The van der Waals surface area contributed by atoms with Crippen molar-refractivity contribution in [1.29, 1.82) is 0 Å². The van der Waals surface area contributed by atoms with Crippen LogP contribution in [0, 0.1) is 12.8 Å². The molecule has 3 N–H and O–H groups in total. The van der Waals surface area contributed by atoms with E-state index in [2.05, 4.69) is 55.5 Å². The quantitative estimate of drug-likeness (QED) is 0.856. The zero-order chi connectivity index (χ0) is 17.7. The Kier molecular flexibility index (Phi) is 11.3. The number of carboxylic acids is 1. The fourth-order valence-corrected chi connectivity index (χ4v) is 1.75. The lowest BCUT2D eigenvalue weighted by Gasteiger charge is -2.00. The van der Waals surface area contributed by atoms with Gasteiger partial charge in [0.2, 0.25) is 0 Å². The summed E-state index contributed by atoms with van der Waals surface area (Å²) >= 11 is 0. The third-order valence-corrected chi connectivity index (χ3v) is 3.18. The Hall–Kier alpha value is -2.13. The van der Waals surface area contributed by atoms with Crippen molar-refractivity contribution in [2.24, 2.45) is 11.7 Å². The lowest BCUT2D eigenvalue weighted by atomic mass is 10.0. The maximum atomic E-state index is 10.0. The summed E-state index contributed by atoms with van der Waals surface area (Å²) in [6.07, 6.45) is 0.565. The van der Waals surface area contributed by atoms with Crippen molar-refractivity contribution in [3.8, 4) is 11.1 Å². The molecule has 126 valence electrons. The van der Waals surface area contributed by atoms with Crippen LogP contribution in [0.15, 0.2) is 54.6 Å². The van der Waals surface area contributed by atoms with E-state index in [1.165, 1.54) is 16.7 Å². The molecule has 0 aliphatic carbocycles. The number of aliphatic carboxylic acids is 1. The highest BCUT2D eigenvalue weighted by Gasteiger charge is 2.07. The summed E-state index contributed by atoms with van der Waals surface area (Å²) in [4.78, 5) is 10.0. The van der Waals surface area contributed by atoms with Crippen LogP contribution in [0.2, 0.25) is 0 Å². The first-order chi connectivity index (χ1) is 11.0. The molecule has 0 saturated carbocycles. The van der Waals surface area contributed by atoms with Gasteiger partial charge in [0.05, 0.1) is 5.92 Å². The van der Waals surface area contributed by atoms with Gasteiger partial charge in [-0.15, -0.1) is 0 Å². The maximum Gasteiger partial charge on any atom is 0.306 e. The van der Waals surface area contributed by atoms with Crippen LogP contribution in [-0.4, -0.2) is 17.6 Å². The average Bonchev–Trinajstić information content (AvgIpc) is 2.59. The van der Waals surface area contributed by atoms with Crippen LogP contribution in [0.1, 0.15) is 32.8 Å². The average molecular weight is 315 g/mol. The monoisotopic (exact) mass is 315 g/mol. The number of benzene rings is 2. The second kappa shape index (κ2) is 12.4. The van der Waals surface area contributed by atoms with Gasteiger partial charge in [-0.2, -0.15) is 0 Å². The third-order valence-electron chi connectivity index (χ3n) is 3.18. The third kappa shape index (κ3) is 8.79. The molecule has 0 fully saturated rings. The van der Waals surface area contributed by atoms with Crippen molar-refractivity contribution < 1.29 is 9.90 Å². The van der Waals surface area contributed by atoms with Gasteiger partial charge in [0, 0.05) is 0 Å². The Morgan fingerprint density at radius 2 is 1.48 bits per heavy atom. The molecule has 3 nitrogen and oxygen atoms in total. The molecule has 23 heavy (non-hydrogen) atoms. The highest BCUT2D eigenvalue weighted by atomic mass is 16.4. The minimum atomic E-state index is -0.768. The van der Waals surface area contributed by atoms with E-state index >= 15 is 0 Å². The van der Waals surface area contributed by atoms with Crippen molar-refractivity contribution in [1.82, 2.24) is 0 Å². The van der Waals surface area contributed by atoms with Crippen LogP contribution in [0.25, 0.3) is 11.1 Å². The van der Waals surface area contributed by atoms with Crippen molar-refractivity contribution in [2.75, 3.05) is 6.54 Å². The molecule has 0 radical (unpaired) electrons. The molecular formula is C20H29NO2. The molecule has 3 heteroatoms. The van der Waals surface area contributed by atoms with E-state index in [1.54, 1.807) is 6.92 Å². The zero-order valence-electron chi connectivity index (χ0n) is 14.6. The van der Waals surface area contributed by atoms with Gasteiger partial charge in [-0.3, -0.25) is 4.79 Å². The van der Waals surface area contributed by atoms with Gasteiger partial charge in [0.25, 0.3) is 0 Å². The summed E-state index contributed by atoms with van der Waals surface area (Å²) in [6, 6.07) is 19.0. The van der Waals surface area contributed by atoms with Gasteiger partial charge >= 0.3 is 5.97 Å². The normalized spacial score (nSPS) is 10.5. The van der Waals surface area contributed by atoms with Crippen LogP contribution in [0.5, 0.6) is 0 Å². The first-order valence-corrected chi connectivity index (χ1v) is 8.09. The molecule has 0 saturated heterocycles. The molecule has 0 aliphatic rings. The summed E-state index contributed by atoms with van der Waals surface area (Å²) in [5.74, 6) is -1.06. The van der Waals surface area contributed by atoms with Gasteiger partial charge in [0.1, 0.15) is 0 Å². The van der Waals surface area contributed by atoms with Crippen molar-refractivity contribution in [2.45, 2.75) is 34.1 Å². The molecule has 0 spiro atoms. The first-order valence-electron chi connectivity index (χ1n) is 8.09. The van der Waals surface area contributed by atoms with E-state index < -0.39 is 5.97 Å². The molecule has 2 aromatic rings. The molecule has 2 aromatic carbocycles. The minimum absolute atomic E-state index is 0.292. The fourth-order valence-electron chi connectivity index (χ4n) is 1.75. The number of nitrogens with two attached hydrogens (primary N) is 1. The Labute approximate surface area is 140 Å². The predicted octanol–water partition coefficient (Wildman–Crippen LogP) is 4.74. The predicted molar refractivity (Wildman–Crippen MR) is 98.4 cm³/mol. The van der Waals surface area contributed by atoms with Gasteiger partial charge < -0.3 is 10.8 Å². The Bertz CT molecular complexity index is 535. The Morgan fingerprint density at radius 3 is 1.87 bits per heavy atom. The second-order valence-corrected chi connectivity index (χ2v) is 5.05. The lowest BCUT2D eigenvalue weighted by molar-refractivity contribution is -0.141. The van der Waals surface area contributed by atoms with Gasteiger partial charge in [-0.25, -0.2) is 0 Å². The van der Waals surface area contributed by atoms with Crippen molar-refractivity contribution >= 4 is 5.97 Å². The van der Waals surface area contributed by atoms with E-state index in [9.17, 15) is 4.79 Å². The Balaban J connectivity index is 0.000000421. The summed E-state index contributed by atoms with van der Waals surface area (Å²) in [5, 5.41) is 8.26. The number of carbonyl (C=O) groups is 1. The molecule has 0 amide bonds. The van der Waals surface area contributed by atoms with Crippen molar-refractivity contribution in [3.63, 3.8) is 0 Å². The van der Waals surface area contributed by atoms with Crippen LogP contribution in [0.4, 0.5) is 0 Å². The summed E-state index contributed by atoms with van der Waals surface area (Å²) < 4.78 is 0. The van der Waals surface area contributed by atoms with E-state index in [0.29, 0.717) is 13.0 Å². The topological polar surface area (TPSA) is 63.3 Å². The summed E-state index contributed by atoms with van der Waals surface area (Å²) in [7, 11) is 0. The van der Waals surface area contributed by atoms with Gasteiger partial charge in [-0.05, 0) is 31.0 Å². The molecule has 0 aromatic heterocycles.